The Morgan fingerprint density at radius 1 is 1.06 bits per heavy atom. The van der Waals surface area contributed by atoms with E-state index in [1.807, 2.05) is 31.2 Å². The SMILES string of the molecule is Cc1ccc(N[C@@H]2CCN(S(=O)(=O)c3ccc(-c4ccnc(-c5nc(C)no5)c4)cc3)C[C@@H]2O)nc1. The van der Waals surface area contributed by atoms with Gasteiger partial charge in [-0.3, -0.25) is 4.98 Å². The number of β-amino-alcohol motifs (C(OH)–C–C–N with tert-alkyl or cyclic N) is 1. The standard InChI is InChI=1S/C25H26N6O4S/c1-16-3-8-24(27-14-16)29-21-10-12-31(15-23(21)32)36(33,34)20-6-4-18(5-7-20)19-9-11-26-22(13-19)25-28-17(2)30-35-25/h3-9,11,13-14,21,23,32H,10,12,15H2,1-2H3,(H,27,29)/t21-,23+/m1/s1. The summed E-state index contributed by atoms with van der Waals surface area (Å²) in [5, 5.41) is 17.7. The largest absolute Gasteiger partial charge is 0.390 e. The van der Waals surface area contributed by atoms with Crippen LogP contribution in [0, 0.1) is 13.8 Å². The van der Waals surface area contributed by atoms with Crippen LogP contribution in [0.3, 0.4) is 0 Å². The minimum absolute atomic E-state index is 0.00489. The minimum Gasteiger partial charge on any atom is -0.390 e. The number of sulfonamides is 1. The molecule has 1 aliphatic rings. The maximum Gasteiger partial charge on any atom is 0.276 e. The fourth-order valence-corrected chi connectivity index (χ4v) is 5.60. The van der Waals surface area contributed by atoms with E-state index in [2.05, 4.69) is 25.4 Å². The van der Waals surface area contributed by atoms with E-state index in [0.717, 1.165) is 16.7 Å². The Balaban J connectivity index is 1.28. The fourth-order valence-electron chi connectivity index (χ4n) is 4.13. The van der Waals surface area contributed by atoms with Crippen molar-refractivity contribution in [2.24, 2.45) is 0 Å². The van der Waals surface area contributed by atoms with Gasteiger partial charge in [-0.1, -0.05) is 23.4 Å². The molecule has 0 amide bonds. The molecule has 5 rings (SSSR count). The molecule has 4 heterocycles. The molecule has 2 N–H and O–H groups in total. The highest BCUT2D eigenvalue weighted by molar-refractivity contribution is 7.89. The van der Waals surface area contributed by atoms with Crippen molar-refractivity contribution in [3.8, 4) is 22.7 Å². The second-order valence-corrected chi connectivity index (χ2v) is 10.7. The molecule has 0 saturated carbocycles. The molecular weight excluding hydrogens is 480 g/mol. The number of benzene rings is 1. The van der Waals surface area contributed by atoms with Crippen molar-refractivity contribution in [2.45, 2.75) is 37.3 Å². The summed E-state index contributed by atoms with van der Waals surface area (Å²) in [5.41, 5.74) is 3.24. The number of aryl methyl sites for hydroxylation is 2. The Bertz CT molecular complexity index is 1450. The van der Waals surface area contributed by atoms with Crippen molar-refractivity contribution in [3.63, 3.8) is 0 Å². The summed E-state index contributed by atoms with van der Waals surface area (Å²) in [4.78, 5) is 13.0. The summed E-state index contributed by atoms with van der Waals surface area (Å²) in [6.45, 7) is 3.98. The highest BCUT2D eigenvalue weighted by atomic mass is 32.2. The minimum atomic E-state index is -3.76. The number of piperidine rings is 1. The van der Waals surface area contributed by atoms with E-state index >= 15 is 0 Å². The van der Waals surface area contributed by atoms with Gasteiger partial charge in [-0.05, 0) is 67.3 Å². The smallest absolute Gasteiger partial charge is 0.276 e. The summed E-state index contributed by atoms with van der Waals surface area (Å²) in [6, 6.07) is 13.8. The van der Waals surface area contributed by atoms with E-state index < -0.39 is 16.1 Å². The number of hydrogen-bond donors (Lipinski definition) is 2. The molecule has 0 bridgehead atoms. The molecule has 10 nitrogen and oxygen atoms in total. The lowest BCUT2D eigenvalue weighted by atomic mass is 10.0. The zero-order valence-electron chi connectivity index (χ0n) is 19.9. The van der Waals surface area contributed by atoms with Crippen LogP contribution in [0.5, 0.6) is 0 Å². The number of aromatic nitrogens is 4. The molecule has 11 heteroatoms. The van der Waals surface area contributed by atoms with Gasteiger partial charge in [-0.25, -0.2) is 13.4 Å². The van der Waals surface area contributed by atoms with Crippen LogP contribution in [-0.4, -0.2) is 63.2 Å². The summed E-state index contributed by atoms with van der Waals surface area (Å²) in [7, 11) is -3.76. The number of rotatable bonds is 6. The number of hydrogen-bond acceptors (Lipinski definition) is 9. The molecule has 36 heavy (non-hydrogen) atoms. The molecule has 1 fully saturated rings. The van der Waals surface area contributed by atoms with Gasteiger partial charge >= 0.3 is 0 Å². The lowest BCUT2D eigenvalue weighted by molar-refractivity contribution is 0.0949. The summed E-state index contributed by atoms with van der Waals surface area (Å²) >= 11 is 0. The molecule has 0 spiro atoms. The number of nitrogens with one attached hydrogen (secondary N) is 1. The van der Waals surface area contributed by atoms with Gasteiger partial charge in [0, 0.05) is 25.5 Å². The van der Waals surface area contributed by atoms with Gasteiger partial charge in [0.25, 0.3) is 5.89 Å². The van der Waals surface area contributed by atoms with E-state index in [-0.39, 0.29) is 17.5 Å². The number of nitrogens with zero attached hydrogens (tertiary/aromatic N) is 5. The maximum atomic E-state index is 13.3. The van der Waals surface area contributed by atoms with Gasteiger partial charge in [0.2, 0.25) is 10.0 Å². The molecule has 1 aromatic carbocycles. The predicted molar refractivity (Wildman–Crippen MR) is 133 cm³/mol. The van der Waals surface area contributed by atoms with Gasteiger partial charge in [0.05, 0.1) is 17.0 Å². The van der Waals surface area contributed by atoms with Crippen LogP contribution in [0.15, 0.2) is 70.3 Å². The third kappa shape index (κ3) is 4.99. The van der Waals surface area contributed by atoms with Crippen LogP contribution in [0.1, 0.15) is 17.8 Å². The second-order valence-electron chi connectivity index (χ2n) is 8.79. The van der Waals surface area contributed by atoms with E-state index in [9.17, 15) is 13.5 Å². The Kier molecular flexibility index (Phi) is 6.52. The van der Waals surface area contributed by atoms with Crippen molar-refractivity contribution in [2.75, 3.05) is 18.4 Å². The van der Waals surface area contributed by atoms with Crippen LogP contribution >= 0.6 is 0 Å². The third-order valence-electron chi connectivity index (χ3n) is 6.12. The first kappa shape index (κ1) is 24.0. The molecule has 0 aliphatic carbocycles. The Hall–Kier alpha value is -3.67. The molecule has 1 saturated heterocycles. The molecule has 0 unspecified atom stereocenters. The number of aliphatic hydroxyl groups excluding tert-OH is 1. The lowest BCUT2D eigenvalue weighted by Crippen LogP contribution is -2.51. The van der Waals surface area contributed by atoms with Crippen molar-refractivity contribution in [1.29, 1.82) is 0 Å². The van der Waals surface area contributed by atoms with E-state index in [1.165, 1.54) is 4.31 Å². The van der Waals surface area contributed by atoms with Crippen molar-refractivity contribution >= 4 is 15.8 Å². The van der Waals surface area contributed by atoms with Crippen molar-refractivity contribution in [1.82, 2.24) is 24.4 Å². The topological polar surface area (TPSA) is 134 Å². The average molecular weight is 507 g/mol. The summed E-state index contributed by atoms with van der Waals surface area (Å²) in [6.07, 6.45) is 2.99. The highest BCUT2D eigenvalue weighted by Crippen LogP contribution is 2.27. The fraction of sp³-hybridized carbons (Fsp3) is 0.280. The van der Waals surface area contributed by atoms with Gasteiger partial charge in [0.15, 0.2) is 5.82 Å². The van der Waals surface area contributed by atoms with E-state index in [0.29, 0.717) is 36.2 Å². The first-order valence-electron chi connectivity index (χ1n) is 11.5. The molecule has 1 aliphatic heterocycles. The zero-order valence-corrected chi connectivity index (χ0v) is 20.7. The first-order chi connectivity index (χ1) is 17.3. The molecule has 186 valence electrons. The van der Waals surface area contributed by atoms with Gasteiger partial charge in [-0.15, -0.1) is 0 Å². The Morgan fingerprint density at radius 2 is 1.86 bits per heavy atom. The summed E-state index contributed by atoms with van der Waals surface area (Å²) < 4.78 is 33.1. The number of aliphatic hydroxyl groups is 1. The molecule has 3 aromatic heterocycles. The normalized spacial score (nSPS) is 18.8. The van der Waals surface area contributed by atoms with Crippen LogP contribution in [0.4, 0.5) is 5.82 Å². The summed E-state index contributed by atoms with van der Waals surface area (Å²) in [5.74, 6) is 1.50. The van der Waals surface area contributed by atoms with Crippen molar-refractivity contribution in [3.05, 3.63) is 72.3 Å². The quantitative estimate of drug-likeness (QED) is 0.404. The monoisotopic (exact) mass is 506 g/mol. The van der Waals surface area contributed by atoms with Crippen LogP contribution in [0.2, 0.25) is 0 Å². The maximum absolute atomic E-state index is 13.3. The second kappa shape index (κ2) is 9.76. The molecule has 0 radical (unpaired) electrons. The van der Waals surface area contributed by atoms with Crippen LogP contribution in [-0.2, 0) is 10.0 Å². The number of pyridine rings is 2. The first-order valence-corrected chi connectivity index (χ1v) is 13.0. The average Bonchev–Trinajstić information content (AvgIpc) is 3.33. The van der Waals surface area contributed by atoms with Gasteiger partial charge < -0.3 is 14.9 Å². The van der Waals surface area contributed by atoms with E-state index in [4.69, 9.17) is 4.52 Å². The zero-order chi connectivity index (χ0) is 25.3. The molecule has 4 aromatic rings. The van der Waals surface area contributed by atoms with Crippen LogP contribution < -0.4 is 5.32 Å². The van der Waals surface area contributed by atoms with Crippen molar-refractivity contribution < 1.29 is 18.0 Å². The Labute approximate surface area is 209 Å². The number of anilines is 1. The third-order valence-corrected chi connectivity index (χ3v) is 8.00. The molecular formula is C25H26N6O4S. The lowest BCUT2D eigenvalue weighted by Gasteiger charge is -2.35. The Morgan fingerprint density at radius 3 is 2.53 bits per heavy atom. The van der Waals surface area contributed by atoms with E-state index in [1.54, 1.807) is 43.6 Å². The highest BCUT2D eigenvalue weighted by Gasteiger charge is 2.34. The predicted octanol–water partition coefficient (Wildman–Crippen LogP) is 3.05. The van der Waals surface area contributed by atoms with Crippen LogP contribution in [0.25, 0.3) is 22.7 Å². The van der Waals surface area contributed by atoms with Gasteiger partial charge in [0.1, 0.15) is 11.5 Å². The van der Waals surface area contributed by atoms with Gasteiger partial charge in [-0.2, -0.15) is 9.29 Å². The molecule has 2 atom stereocenters.